The van der Waals surface area contributed by atoms with Crippen LogP contribution in [0.5, 0.6) is 0 Å². The Balaban J connectivity index is 1.97. The van der Waals surface area contributed by atoms with Crippen LogP contribution in [0.1, 0.15) is 25.7 Å². The van der Waals surface area contributed by atoms with Crippen LogP contribution < -0.4 is 0 Å². The maximum atomic E-state index is 11.0. The van der Waals surface area contributed by atoms with Gasteiger partial charge in [0.2, 0.25) is 0 Å². The molecule has 0 amide bonds. The van der Waals surface area contributed by atoms with E-state index in [0.717, 1.165) is 38.8 Å². The molecule has 0 aromatic carbocycles. The van der Waals surface area contributed by atoms with Crippen molar-refractivity contribution in [2.24, 2.45) is 0 Å². The van der Waals surface area contributed by atoms with E-state index in [9.17, 15) is 4.79 Å². The zero-order valence-electron chi connectivity index (χ0n) is 8.32. The number of carboxylic acid groups (broad SMARTS) is 1. The Bertz CT molecular complexity index is 213. The molecule has 2 rings (SSSR count). The van der Waals surface area contributed by atoms with Gasteiger partial charge in [-0.1, -0.05) is 0 Å². The Hall–Kier alpha value is -0.610. The average molecular weight is 199 g/mol. The first-order chi connectivity index (χ1) is 6.79. The number of carbonyl (C=O) groups is 1. The molecule has 14 heavy (non-hydrogen) atoms. The second-order valence-corrected chi connectivity index (χ2v) is 4.11. The first-order valence-corrected chi connectivity index (χ1v) is 5.35. The van der Waals surface area contributed by atoms with E-state index in [4.69, 9.17) is 9.84 Å². The molecule has 0 aromatic heterocycles. The van der Waals surface area contributed by atoms with Crippen LogP contribution in [-0.2, 0) is 9.53 Å². The molecular formula is C10H17NO3. The molecule has 80 valence electrons. The zero-order chi connectivity index (χ0) is 9.97. The standard InChI is InChI=1S/C10H17NO3/c12-10(13)9-4-1-5-11(9)8-3-2-6-14-7-8/h8-9H,1-7H2,(H,12,13). The highest BCUT2D eigenvalue weighted by Crippen LogP contribution is 2.24. The third-order valence-corrected chi connectivity index (χ3v) is 3.18. The SMILES string of the molecule is O=C(O)C1CCCN1C1CCCOC1. The van der Waals surface area contributed by atoms with Gasteiger partial charge in [0, 0.05) is 12.6 Å². The molecule has 2 saturated heterocycles. The van der Waals surface area contributed by atoms with E-state index in [-0.39, 0.29) is 6.04 Å². The van der Waals surface area contributed by atoms with Crippen molar-refractivity contribution < 1.29 is 14.6 Å². The van der Waals surface area contributed by atoms with Gasteiger partial charge in [-0.15, -0.1) is 0 Å². The van der Waals surface area contributed by atoms with E-state index in [1.165, 1.54) is 0 Å². The quantitative estimate of drug-likeness (QED) is 0.711. The number of hydrogen-bond donors (Lipinski definition) is 1. The first-order valence-electron chi connectivity index (χ1n) is 5.35. The minimum absolute atomic E-state index is 0.262. The lowest BCUT2D eigenvalue weighted by Crippen LogP contribution is -2.46. The largest absolute Gasteiger partial charge is 0.480 e. The number of ether oxygens (including phenoxy) is 1. The summed E-state index contributed by atoms with van der Waals surface area (Å²) >= 11 is 0. The number of likely N-dealkylation sites (tertiary alicyclic amines) is 1. The molecule has 4 heteroatoms. The highest BCUT2D eigenvalue weighted by Gasteiger charge is 2.35. The van der Waals surface area contributed by atoms with Crippen molar-refractivity contribution in [3.8, 4) is 0 Å². The maximum absolute atomic E-state index is 11.0. The van der Waals surface area contributed by atoms with E-state index in [1.807, 2.05) is 0 Å². The number of hydrogen-bond acceptors (Lipinski definition) is 3. The van der Waals surface area contributed by atoms with Crippen molar-refractivity contribution in [2.45, 2.75) is 37.8 Å². The molecule has 2 fully saturated rings. The van der Waals surface area contributed by atoms with Crippen LogP contribution in [0.3, 0.4) is 0 Å². The Morgan fingerprint density at radius 3 is 2.86 bits per heavy atom. The van der Waals surface area contributed by atoms with Gasteiger partial charge in [-0.2, -0.15) is 0 Å². The molecule has 2 heterocycles. The minimum atomic E-state index is -0.673. The van der Waals surface area contributed by atoms with E-state index in [2.05, 4.69) is 4.90 Å². The van der Waals surface area contributed by atoms with Gasteiger partial charge in [-0.3, -0.25) is 9.69 Å². The van der Waals surface area contributed by atoms with Crippen LogP contribution in [0, 0.1) is 0 Å². The Morgan fingerprint density at radius 1 is 1.36 bits per heavy atom. The smallest absolute Gasteiger partial charge is 0.320 e. The summed E-state index contributed by atoms with van der Waals surface area (Å²) in [5.74, 6) is -0.673. The van der Waals surface area contributed by atoms with Gasteiger partial charge in [-0.25, -0.2) is 0 Å². The van der Waals surface area contributed by atoms with Gasteiger partial charge in [0.25, 0.3) is 0 Å². The van der Waals surface area contributed by atoms with Crippen molar-refractivity contribution in [1.82, 2.24) is 4.90 Å². The van der Waals surface area contributed by atoms with Crippen LogP contribution in [0.2, 0.25) is 0 Å². The normalized spacial score (nSPS) is 34.6. The fraction of sp³-hybridized carbons (Fsp3) is 0.900. The topological polar surface area (TPSA) is 49.8 Å². The second kappa shape index (κ2) is 4.28. The average Bonchev–Trinajstić information content (AvgIpc) is 2.67. The fourth-order valence-electron chi connectivity index (χ4n) is 2.48. The van der Waals surface area contributed by atoms with E-state index >= 15 is 0 Å². The van der Waals surface area contributed by atoms with Crippen molar-refractivity contribution in [2.75, 3.05) is 19.8 Å². The molecule has 0 bridgehead atoms. The predicted octanol–water partition coefficient (Wildman–Crippen LogP) is 0.714. The zero-order valence-corrected chi connectivity index (χ0v) is 8.32. The van der Waals surface area contributed by atoms with Crippen LogP contribution in [0.4, 0.5) is 0 Å². The van der Waals surface area contributed by atoms with Gasteiger partial charge in [0.1, 0.15) is 6.04 Å². The summed E-state index contributed by atoms with van der Waals surface area (Å²) in [7, 11) is 0. The molecule has 4 nitrogen and oxygen atoms in total. The lowest BCUT2D eigenvalue weighted by Gasteiger charge is -2.33. The summed E-state index contributed by atoms with van der Waals surface area (Å²) < 4.78 is 5.39. The van der Waals surface area contributed by atoms with Crippen molar-refractivity contribution >= 4 is 5.97 Å². The van der Waals surface area contributed by atoms with Gasteiger partial charge < -0.3 is 9.84 Å². The van der Waals surface area contributed by atoms with Crippen molar-refractivity contribution in [3.05, 3.63) is 0 Å². The summed E-state index contributed by atoms with van der Waals surface area (Å²) in [5, 5.41) is 9.03. The van der Waals surface area contributed by atoms with Gasteiger partial charge in [0.15, 0.2) is 0 Å². The molecule has 2 unspecified atom stereocenters. The summed E-state index contributed by atoms with van der Waals surface area (Å²) in [6.07, 6.45) is 3.95. The lowest BCUT2D eigenvalue weighted by atomic mass is 10.1. The molecule has 0 saturated carbocycles. The molecule has 2 aliphatic rings. The molecule has 1 N–H and O–H groups in total. The van der Waals surface area contributed by atoms with E-state index in [1.54, 1.807) is 0 Å². The molecule has 2 aliphatic heterocycles. The highest BCUT2D eigenvalue weighted by atomic mass is 16.5. The van der Waals surface area contributed by atoms with Crippen LogP contribution in [0.25, 0.3) is 0 Å². The minimum Gasteiger partial charge on any atom is -0.480 e. The molecule has 0 spiro atoms. The molecule has 0 radical (unpaired) electrons. The molecule has 0 aliphatic carbocycles. The Morgan fingerprint density at radius 2 is 2.21 bits per heavy atom. The number of carboxylic acids is 1. The fourth-order valence-corrected chi connectivity index (χ4v) is 2.48. The Labute approximate surface area is 83.8 Å². The number of aliphatic carboxylic acids is 1. The van der Waals surface area contributed by atoms with Gasteiger partial charge >= 0.3 is 5.97 Å². The van der Waals surface area contributed by atoms with Crippen LogP contribution >= 0.6 is 0 Å². The maximum Gasteiger partial charge on any atom is 0.320 e. The highest BCUT2D eigenvalue weighted by molar-refractivity contribution is 5.73. The predicted molar refractivity (Wildman–Crippen MR) is 51.2 cm³/mol. The summed E-state index contributed by atoms with van der Waals surface area (Å²) in [6, 6.07) is 0.0778. The van der Waals surface area contributed by atoms with Gasteiger partial charge in [-0.05, 0) is 32.2 Å². The molecule has 0 aromatic rings. The summed E-state index contributed by atoms with van der Waals surface area (Å²) in [4.78, 5) is 13.1. The van der Waals surface area contributed by atoms with E-state index < -0.39 is 5.97 Å². The molecular weight excluding hydrogens is 182 g/mol. The third-order valence-electron chi connectivity index (χ3n) is 3.18. The van der Waals surface area contributed by atoms with Gasteiger partial charge in [0.05, 0.1) is 6.61 Å². The lowest BCUT2D eigenvalue weighted by molar-refractivity contribution is -0.143. The van der Waals surface area contributed by atoms with Crippen molar-refractivity contribution in [1.29, 1.82) is 0 Å². The number of rotatable bonds is 2. The monoisotopic (exact) mass is 199 g/mol. The molecule has 2 atom stereocenters. The van der Waals surface area contributed by atoms with E-state index in [0.29, 0.717) is 12.6 Å². The Kier molecular flexibility index (Phi) is 3.03. The third kappa shape index (κ3) is 1.91. The van der Waals surface area contributed by atoms with Crippen molar-refractivity contribution in [3.63, 3.8) is 0 Å². The second-order valence-electron chi connectivity index (χ2n) is 4.11. The summed E-state index contributed by atoms with van der Waals surface area (Å²) in [5.41, 5.74) is 0. The number of nitrogens with zero attached hydrogens (tertiary/aromatic N) is 1. The van der Waals surface area contributed by atoms with Crippen LogP contribution in [-0.4, -0.2) is 47.8 Å². The first kappa shape index (κ1) is 9.93. The van der Waals surface area contributed by atoms with Crippen LogP contribution in [0.15, 0.2) is 0 Å². The summed E-state index contributed by atoms with van der Waals surface area (Å²) in [6.45, 7) is 2.47.